The fourth-order valence-electron chi connectivity index (χ4n) is 2.17. The predicted molar refractivity (Wildman–Crippen MR) is 111 cm³/mol. The van der Waals surface area contributed by atoms with Crippen LogP contribution in [0.1, 0.15) is 24.2 Å². The van der Waals surface area contributed by atoms with Crippen molar-refractivity contribution in [3.05, 3.63) is 70.2 Å². The zero-order chi connectivity index (χ0) is 18.2. The van der Waals surface area contributed by atoms with Gasteiger partial charge < -0.3 is 15.7 Å². The summed E-state index contributed by atoms with van der Waals surface area (Å²) in [6.07, 6.45) is -0.757. The van der Waals surface area contributed by atoms with Crippen LogP contribution in [-0.4, -0.2) is 24.2 Å². The van der Waals surface area contributed by atoms with E-state index in [1.165, 1.54) is 0 Å². The largest absolute Gasteiger partial charge is 0.387 e. The first-order valence-electron chi connectivity index (χ1n) is 7.89. The molecule has 0 amide bonds. The molecule has 26 heavy (non-hydrogen) atoms. The monoisotopic (exact) mass is 495 g/mol. The average Bonchev–Trinajstić information content (AvgIpc) is 2.60. The van der Waals surface area contributed by atoms with Gasteiger partial charge in [0.05, 0.1) is 12.6 Å². The third-order valence-electron chi connectivity index (χ3n) is 3.48. The highest BCUT2D eigenvalue weighted by atomic mass is 127. The van der Waals surface area contributed by atoms with Gasteiger partial charge in [-0.15, -0.1) is 24.0 Å². The van der Waals surface area contributed by atoms with E-state index in [0.717, 1.165) is 18.2 Å². The molecule has 0 aliphatic rings. The molecule has 0 radical (unpaired) electrons. The first-order valence-corrected chi connectivity index (χ1v) is 8.27. The van der Waals surface area contributed by atoms with Crippen molar-refractivity contribution in [1.29, 1.82) is 0 Å². The van der Waals surface area contributed by atoms with Crippen molar-refractivity contribution in [2.45, 2.75) is 19.6 Å². The maximum absolute atomic E-state index is 13.6. The quantitative estimate of drug-likeness (QED) is 0.322. The minimum Gasteiger partial charge on any atom is -0.387 e. The molecule has 3 N–H and O–H groups in total. The molecule has 4 nitrogen and oxygen atoms in total. The summed E-state index contributed by atoms with van der Waals surface area (Å²) in [5.41, 5.74) is 0.874. The lowest BCUT2D eigenvalue weighted by Gasteiger charge is -2.15. The van der Waals surface area contributed by atoms with Crippen molar-refractivity contribution in [1.82, 2.24) is 10.6 Å². The lowest BCUT2D eigenvalue weighted by molar-refractivity contribution is 0.181. The molecule has 8 heteroatoms. The number of benzene rings is 2. The fourth-order valence-corrected chi connectivity index (χ4v) is 2.29. The molecular formula is C18H21ClF2IN3O. The Kier molecular flexibility index (Phi) is 9.82. The number of nitrogens with one attached hydrogen (secondary N) is 2. The number of rotatable bonds is 6. The third-order valence-corrected chi connectivity index (χ3v) is 3.73. The molecule has 0 fully saturated rings. The van der Waals surface area contributed by atoms with E-state index in [2.05, 4.69) is 15.6 Å². The number of aliphatic imine (C=N–C) groups is 1. The topological polar surface area (TPSA) is 56.7 Å². The second-order valence-corrected chi connectivity index (χ2v) is 5.82. The Bertz CT molecular complexity index is 729. The van der Waals surface area contributed by atoms with Gasteiger partial charge in [-0.1, -0.05) is 23.7 Å². The minimum atomic E-state index is -0.757. The molecule has 0 saturated carbocycles. The Morgan fingerprint density at radius 3 is 2.50 bits per heavy atom. The maximum Gasteiger partial charge on any atom is 0.191 e. The molecule has 0 aliphatic carbocycles. The molecule has 0 spiro atoms. The van der Waals surface area contributed by atoms with E-state index in [-0.39, 0.29) is 42.6 Å². The summed E-state index contributed by atoms with van der Waals surface area (Å²) < 4.78 is 26.8. The first kappa shape index (κ1) is 22.6. The number of halogens is 4. The highest BCUT2D eigenvalue weighted by Gasteiger charge is 2.09. The second-order valence-electron chi connectivity index (χ2n) is 5.38. The van der Waals surface area contributed by atoms with Crippen molar-refractivity contribution in [2.75, 3.05) is 13.1 Å². The Balaban J connectivity index is 0.00000338. The van der Waals surface area contributed by atoms with Gasteiger partial charge in [-0.2, -0.15) is 0 Å². The van der Waals surface area contributed by atoms with Crippen molar-refractivity contribution in [3.8, 4) is 0 Å². The molecule has 0 aliphatic heterocycles. The Morgan fingerprint density at radius 2 is 1.85 bits per heavy atom. The molecule has 2 aromatic rings. The average molecular weight is 496 g/mol. The number of nitrogens with zero attached hydrogens (tertiary/aromatic N) is 1. The summed E-state index contributed by atoms with van der Waals surface area (Å²) in [5.74, 6) is -0.621. The van der Waals surface area contributed by atoms with Gasteiger partial charge in [0, 0.05) is 23.7 Å². The molecule has 2 rings (SSSR count). The summed E-state index contributed by atoms with van der Waals surface area (Å²) in [7, 11) is 0. The standard InChI is InChI=1S/C18H20ClF2N3O.HI/c1-2-22-18(23-10-13-9-15(20)7-8-16(13)21)24-11-17(25)12-3-5-14(19)6-4-12;/h3-9,17,25H,2,10-11H2,1H3,(H2,22,23,24);1H. The zero-order valence-electron chi connectivity index (χ0n) is 14.2. The van der Waals surface area contributed by atoms with Crippen molar-refractivity contribution < 1.29 is 13.9 Å². The third kappa shape index (κ3) is 7.05. The summed E-state index contributed by atoms with van der Waals surface area (Å²) in [4.78, 5) is 4.22. The smallest absolute Gasteiger partial charge is 0.191 e. The van der Waals surface area contributed by atoms with Crippen molar-refractivity contribution in [2.24, 2.45) is 4.99 Å². The number of guanidine groups is 1. The summed E-state index contributed by atoms with van der Waals surface area (Å²) in [5, 5.41) is 16.8. The van der Waals surface area contributed by atoms with Crippen molar-refractivity contribution in [3.63, 3.8) is 0 Å². The van der Waals surface area contributed by atoms with Gasteiger partial charge in [-0.25, -0.2) is 13.8 Å². The summed E-state index contributed by atoms with van der Waals surface area (Å²) >= 11 is 5.82. The molecular weight excluding hydrogens is 475 g/mol. The first-order chi connectivity index (χ1) is 12.0. The minimum absolute atomic E-state index is 0. The Labute approximate surface area is 173 Å². The van der Waals surface area contributed by atoms with Gasteiger partial charge in [0.25, 0.3) is 0 Å². The molecule has 1 atom stereocenters. The van der Waals surface area contributed by atoms with E-state index >= 15 is 0 Å². The SMILES string of the molecule is CCNC(=NCc1cc(F)ccc1F)NCC(O)c1ccc(Cl)cc1.I. The van der Waals surface area contributed by atoms with Crippen LogP contribution in [0.15, 0.2) is 47.5 Å². The highest BCUT2D eigenvalue weighted by molar-refractivity contribution is 14.0. The van der Waals surface area contributed by atoms with E-state index in [1.807, 2.05) is 6.92 Å². The van der Waals surface area contributed by atoms with Crippen LogP contribution in [0.4, 0.5) is 8.78 Å². The van der Waals surface area contributed by atoms with E-state index in [0.29, 0.717) is 23.1 Å². The number of aliphatic hydroxyl groups excluding tert-OH is 1. The molecule has 2 aromatic carbocycles. The molecule has 1 unspecified atom stereocenters. The number of aliphatic hydroxyl groups is 1. The van der Waals surface area contributed by atoms with Gasteiger partial charge in [-0.3, -0.25) is 0 Å². The molecule has 0 aromatic heterocycles. The van der Waals surface area contributed by atoms with Crippen LogP contribution in [0.3, 0.4) is 0 Å². The van der Waals surface area contributed by atoms with Crippen LogP contribution in [-0.2, 0) is 6.54 Å². The molecule has 0 bridgehead atoms. The van der Waals surface area contributed by atoms with E-state index in [9.17, 15) is 13.9 Å². The van der Waals surface area contributed by atoms with Crippen LogP contribution in [0.5, 0.6) is 0 Å². The lowest BCUT2D eigenvalue weighted by atomic mass is 10.1. The lowest BCUT2D eigenvalue weighted by Crippen LogP contribution is -2.39. The van der Waals surface area contributed by atoms with Gasteiger partial charge in [0.15, 0.2) is 5.96 Å². The van der Waals surface area contributed by atoms with Gasteiger partial charge in [-0.05, 0) is 42.8 Å². The maximum atomic E-state index is 13.6. The van der Waals surface area contributed by atoms with E-state index in [1.54, 1.807) is 24.3 Å². The highest BCUT2D eigenvalue weighted by Crippen LogP contribution is 2.15. The normalized spacial score (nSPS) is 12.3. The predicted octanol–water partition coefficient (Wildman–Crippen LogP) is 4.02. The van der Waals surface area contributed by atoms with Gasteiger partial charge in [0.2, 0.25) is 0 Å². The molecule has 0 heterocycles. The number of hydrogen-bond donors (Lipinski definition) is 3. The second kappa shape index (κ2) is 11.3. The Hall–Kier alpha value is -1.45. The van der Waals surface area contributed by atoms with Crippen LogP contribution < -0.4 is 10.6 Å². The Morgan fingerprint density at radius 1 is 1.15 bits per heavy atom. The van der Waals surface area contributed by atoms with Crippen LogP contribution in [0.25, 0.3) is 0 Å². The summed E-state index contributed by atoms with van der Waals surface area (Å²) in [6.45, 7) is 2.67. The van der Waals surface area contributed by atoms with Gasteiger partial charge in [0.1, 0.15) is 11.6 Å². The van der Waals surface area contributed by atoms with E-state index < -0.39 is 17.7 Å². The number of hydrogen-bond acceptors (Lipinski definition) is 2. The van der Waals surface area contributed by atoms with Gasteiger partial charge >= 0.3 is 0 Å². The van der Waals surface area contributed by atoms with Crippen LogP contribution in [0, 0.1) is 11.6 Å². The summed E-state index contributed by atoms with van der Waals surface area (Å²) in [6, 6.07) is 10.1. The fraction of sp³-hybridized carbons (Fsp3) is 0.278. The molecule has 142 valence electrons. The van der Waals surface area contributed by atoms with Crippen LogP contribution >= 0.6 is 35.6 Å². The van der Waals surface area contributed by atoms with Crippen LogP contribution in [0.2, 0.25) is 5.02 Å². The van der Waals surface area contributed by atoms with E-state index in [4.69, 9.17) is 11.6 Å². The molecule has 0 saturated heterocycles. The zero-order valence-corrected chi connectivity index (χ0v) is 17.3. The van der Waals surface area contributed by atoms with Crippen molar-refractivity contribution >= 4 is 41.5 Å².